The van der Waals surface area contributed by atoms with Gasteiger partial charge in [0, 0.05) is 20.8 Å². The highest BCUT2D eigenvalue weighted by Crippen LogP contribution is 2.19. The van der Waals surface area contributed by atoms with Crippen molar-refractivity contribution < 1.29 is 4.79 Å². The van der Waals surface area contributed by atoms with Crippen LogP contribution in [0.15, 0.2) is 15.9 Å². The van der Waals surface area contributed by atoms with Crippen molar-refractivity contribution in [2.75, 3.05) is 0 Å². The Morgan fingerprint density at radius 3 is 2.82 bits per heavy atom. The van der Waals surface area contributed by atoms with Gasteiger partial charge in [0.15, 0.2) is 0 Å². The maximum absolute atomic E-state index is 11.7. The summed E-state index contributed by atoms with van der Waals surface area (Å²) in [5.74, 6) is 0. The highest BCUT2D eigenvalue weighted by atomic mass is 79.9. The lowest BCUT2D eigenvalue weighted by Gasteiger charge is -2.22. The molecule has 5 heteroatoms. The third kappa shape index (κ3) is 4.32. The minimum absolute atomic E-state index is 0.0403. The predicted molar refractivity (Wildman–Crippen MR) is 74.3 cm³/mol. The van der Waals surface area contributed by atoms with E-state index in [1.165, 1.54) is 19.3 Å². The molecule has 2 amide bonds. The second-order valence-electron chi connectivity index (χ2n) is 4.39. The normalized spacial score (nSPS) is 16.8. The van der Waals surface area contributed by atoms with Crippen LogP contribution in [0.4, 0.5) is 4.79 Å². The Bertz CT molecular complexity index is 374. The van der Waals surface area contributed by atoms with E-state index in [-0.39, 0.29) is 6.03 Å². The monoisotopic (exact) mass is 316 g/mol. The van der Waals surface area contributed by atoms with Crippen molar-refractivity contribution in [3.05, 3.63) is 20.8 Å². The number of nitrogens with one attached hydrogen (secondary N) is 2. The number of urea groups is 1. The minimum atomic E-state index is -0.0403. The van der Waals surface area contributed by atoms with Crippen LogP contribution in [0, 0.1) is 0 Å². The van der Waals surface area contributed by atoms with E-state index < -0.39 is 0 Å². The Hall–Kier alpha value is -0.550. The summed E-state index contributed by atoms with van der Waals surface area (Å²) in [6.45, 7) is 0.606. The standard InChI is InChI=1S/C12H17BrN2OS/c13-9-6-11(17-8-9)7-14-12(16)15-10-4-2-1-3-5-10/h6,8,10H,1-5,7H2,(H2,14,15,16). The zero-order valence-electron chi connectivity index (χ0n) is 9.67. The Morgan fingerprint density at radius 1 is 1.41 bits per heavy atom. The number of halogens is 1. The van der Waals surface area contributed by atoms with E-state index in [1.807, 2.05) is 11.4 Å². The number of rotatable bonds is 3. The van der Waals surface area contributed by atoms with Crippen LogP contribution in [0.2, 0.25) is 0 Å². The van der Waals surface area contributed by atoms with E-state index in [1.54, 1.807) is 11.3 Å². The second-order valence-corrected chi connectivity index (χ2v) is 6.30. The molecular weight excluding hydrogens is 300 g/mol. The first kappa shape index (κ1) is 12.9. The largest absolute Gasteiger partial charge is 0.335 e. The summed E-state index contributed by atoms with van der Waals surface area (Å²) < 4.78 is 1.08. The van der Waals surface area contributed by atoms with Crippen molar-refractivity contribution in [3.63, 3.8) is 0 Å². The first-order valence-electron chi connectivity index (χ1n) is 6.01. The van der Waals surface area contributed by atoms with E-state index in [9.17, 15) is 4.79 Å². The first-order valence-corrected chi connectivity index (χ1v) is 7.68. The molecule has 17 heavy (non-hydrogen) atoms. The molecule has 0 bridgehead atoms. The fraction of sp³-hybridized carbons (Fsp3) is 0.583. The topological polar surface area (TPSA) is 41.1 Å². The lowest BCUT2D eigenvalue weighted by atomic mass is 9.96. The van der Waals surface area contributed by atoms with Crippen molar-refractivity contribution in [1.82, 2.24) is 10.6 Å². The molecule has 94 valence electrons. The van der Waals surface area contributed by atoms with Gasteiger partial charge in [0.2, 0.25) is 0 Å². The van der Waals surface area contributed by atoms with E-state index in [2.05, 4.69) is 26.6 Å². The Labute approximate surface area is 114 Å². The average Bonchev–Trinajstić information content (AvgIpc) is 2.74. The zero-order chi connectivity index (χ0) is 12.1. The molecule has 3 nitrogen and oxygen atoms in total. The summed E-state index contributed by atoms with van der Waals surface area (Å²) in [5.41, 5.74) is 0. The molecule has 1 aliphatic carbocycles. The molecule has 2 rings (SSSR count). The van der Waals surface area contributed by atoms with Gasteiger partial charge in [-0.15, -0.1) is 11.3 Å². The van der Waals surface area contributed by atoms with E-state index >= 15 is 0 Å². The van der Waals surface area contributed by atoms with Gasteiger partial charge < -0.3 is 10.6 Å². The van der Waals surface area contributed by atoms with Crippen molar-refractivity contribution in [3.8, 4) is 0 Å². The average molecular weight is 317 g/mol. The summed E-state index contributed by atoms with van der Waals surface area (Å²) in [6.07, 6.45) is 6.03. The lowest BCUT2D eigenvalue weighted by molar-refractivity contribution is 0.232. The summed E-state index contributed by atoms with van der Waals surface area (Å²) in [4.78, 5) is 12.8. The number of hydrogen-bond acceptors (Lipinski definition) is 2. The molecule has 1 aliphatic rings. The molecular formula is C12H17BrN2OS. The van der Waals surface area contributed by atoms with Gasteiger partial charge in [-0.2, -0.15) is 0 Å². The Balaban J connectivity index is 1.70. The Morgan fingerprint density at radius 2 is 2.18 bits per heavy atom. The van der Waals surface area contributed by atoms with Crippen LogP contribution in [-0.2, 0) is 6.54 Å². The van der Waals surface area contributed by atoms with Crippen LogP contribution in [-0.4, -0.2) is 12.1 Å². The minimum Gasteiger partial charge on any atom is -0.335 e. The number of hydrogen-bond donors (Lipinski definition) is 2. The number of carbonyl (C=O) groups excluding carboxylic acids is 1. The van der Waals surface area contributed by atoms with Crippen molar-refractivity contribution in [2.45, 2.75) is 44.7 Å². The van der Waals surface area contributed by atoms with Crippen LogP contribution in [0.1, 0.15) is 37.0 Å². The van der Waals surface area contributed by atoms with Gasteiger partial charge in [-0.3, -0.25) is 0 Å². The molecule has 0 radical (unpaired) electrons. The van der Waals surface area contributed by atoms with Gasteiger partial charge in [-0.25, -0.2) is 4.79 Å². The molecule has 0 atom stereocenters. The summed E-state index contributed by atoms with van der Waals surface area (Å²) >= 11 is 5.05. The molecule has 1 heterocycles. The van der Waals surface area contributed by atoms with E-state index in [0.29, 0.717) is 12.6 Å². The number of amides is 2. The molecule has 1 aromatic rings. The van der Waals surface area contributed by atoms with Crippen LogP contribution < -0.4 is 10.6 Å². The third-order valence-corrected chi connectivity index (χ3v) is 4.68. The Kier molecular flexibility index (Phi) is 4.86. The molecule has 0 saturated heterocycles. The summed E-state index contributed by atoms with van der Waals surface area (Å²) in [6, 6.07) is 2.37. The van der Waals surface area contributed by atoms with E-state index in [0.717, 1.165) is 22.2 Å². The molecule has 1 saturated carbocycles. The van der Waals surface area contributed by atoms with E-state index in [4.69, 9.17) is 0 Å². The third-order valence-electron chi connectivity index (χ3n) is 2.99. The van der Waals surface area contributed by atoms with Crippen LogP contribution in [0.3, 0.4) is 0 Å². The lowest BCUT2D eigenvalue weighted by Crippen LogP contribution is -2.42. The maximum atomic E-state index is 11.7. The molecule has 0 spiro atoms. The highest BCUT2D eigenvalue weighted by molar-refractivity contribution is 9.10. The second kappa shape index (κ2) is 6.40. The predicted octanol–water partition coefficient (Wildman–Crippen LogP) is 3.64. The van der Waals surface area contributed by atoms with Gasteiger partial charge in [0.05, 0.1) is 6.54 Å². The van der Waals surface area contributed by atoms with Gasteiger partial charge in [0.1, 0.15) is 0 Å². The number of carbonyl (C=O) groups is 1. The fourth-order valence-corrected chi connectivity index (χ4v) is 3.49. The summed E-state index contributed by atoms with van der Waals surface area (Å²) in [7, 11) is 0. The van der Waals surface area contributed by atoms with Crippen molar-refractivity contribution in [1.29, 1.82) is 0 Å². The zero-order valence-corrected chi connectivity index (χ0v) is 12.1. The van der Waals surface area contributed by atoms with Crippen LogP contribution >= 0.6 is 27.3 Å². The van der Waals surface area contributed by atoms with Gasteiger partial charge >= 0.3 is 6.03 Å². The van der Waals surface area contributed by atoms with Gasteiger partial charge in [-0.1, -0.05) is 19.3 Å². The highest BCUT2D eigenvalue weighted by Gasteiger charge is 2.15. The van der Waals surface area contributed by atoms with Crippen molar-refractivity contribution >= 4 is 33.3 Å². The first-order chi connectivity index (χ1) is 8.24. The molecule has 1 aromatic heterocycles. The molecule has 0 aliphatic heterocycles. The van der Waals surface area contributed by atoms with Gasteiger partial charge in [-0.05, 0) is 34.8 Å². The molecule has 2 N–H and O–H groups in total. The maximum Gasteiger partial charge on any atom is 0.315 e. The fourth-order valence-electron chi connectivity index (χ4n) is 2.10. The van der Waals surface area contributed by atoms with Crippen LogP contribution in [0.5, 0.6) is 0 Å². The summed E-state index contributed by atoms with van der Waals surface area (Å²) in [5, 5.41) is 7.96. The quantitative estimate of drug-likeness (QED) is 0.878. The van der Waals surface area contributed by atoms with Crippen molar-refractivity contribution in [2.24, 2.45) is 0 Å². The smallest absolute Gasteiger partial charge is 0.315 e. The number of thiophene rings is 1. The molecule has 0 unspecified atom stereocenters. The van der Waals surface area contributed by atoms with Crippen LogP contribution in [0.25, 0.3) is 0 Å². The molecule has 1 fully saturated rings. The molecule has 0 aromatic carbocycles. The SMILES string of the molecule is O=C(NCc1cc(Br)cs1)NC1CCCCC1. The van der Waals surface area contributed by atoms with Gasteiger partial charge in [0.25, 0.3) is 0 Å².